The van der Waals surface area contributed by atoms with Crippen LogP contribution in [0.1, 0.15) is 18.5 Å². The fourth-order valence-electron chi connectivity index (χ4n) is 1.82. The van der Waals surface area contributed by atoms with Gasteiger partial charge in [0.15, 0.2) is 0 Å². The Morgan fingerprint density at radius 3 is 3.06 bits per heavy atom. The molecule has 0 radical (unpaired) electrons. The van der Waals surface area contributed by atoms with Crippen molar-refractivity contribution in [1.82, 2.24) is 19.6 Å². The first-order valence-electron chi connectivity index (χ1n) is 5.38. The summed E-state index contributed by atoms with van der Waals surface area (Å²) in [6.45, 7) is 2.59. The molecule has 1 saturated carbocycles. The third kappa shape index (κ3) is 1.42. The summed E-state index contributed by atoms with van der Waals surface area (Å²) in [4.78, 5) is 8.38. The second kappa shape index (κ2) is 3.15. The lowest BCUT2D eigenvalue weighted by molar-refractivity contribution is 0.726. The van der Waals surface area contributed by atoms with Gasteiger partial charge in [0.25, 0.3) is 5.78 Å². The van der Waals surface area contributed by atoms with Gasteiger partial charge in [-0.1, -0.05) is 0 Å². The van der Waals surface area contributed by atoms with Crippen LogP contribution >= 0.6 is 0 Å². The smallest absolute Gasteiger partial charge is 0.254 e. The van der Waals surface area contributed by atoms with Crippen LogP contribution in [0.25, 0.3) is 5.78 Å². The summed E-state index contributed by atoms with van der Waals surface area (Å²) in [5.41, 5.74) is 6.74. The number of hydrogen-bond donors (Lipinski definition) is 2. The lowest BCUT2D eigenvalue weighted by Crippen LogP contribution is -2.31. The molecule has 2 aromatic heterocycles. The van der Waals surface area contributed by atoms with Crippen LogP contribution in [0.4, 0.5) is 5.82 Å². The topological polar surface area (TPSA) is 81.1 Å². The second-order valence-electron chi connectivity index (χ2n) is 4.36. The molecule has 0 saturated heterocycles. The molecule has 1 aliphatic rings. The van der Waals surface area contributed by atoms with Gasteiger partial charge in [0, 0.05) is 18.3 Å². The minimum atomic E-state index is 0.0622. The number of anilines is 1. The van der Waals surface area contributed by atoms with E-state index in [9.17, 15) is 0 Å². The standard InChI is InChI=1S/C10H14N6/c1-7-4-8(15-10(5-11)2-3-10)16-9(14-7)12-6-13-16/h4,6,15H,2-3,5,11H2,1H3. The van der Waals surface area contributed by atoms with Crippen LogP contribution < -0.4 is 11.1 Å². The average Bonchev–Trinajstić information content (AvgIpc) is 2.87. The van der Waals surface area contributed by atoms with Gasteiger partial charge in [0.05, 0.1) is 5.54 Å². The highest BCUT2D eigenvalue weighted by Gasteiger charge is 2.41. The minimum absolute atomic E-state index is 0.0622. The number of aromatic nitrogens is 4. The summed E-state index contributed by atoms with van der Waals surface area (Å²) in [7, 11) is 0. The molecule has 0 amide bonds. The zero-order valence-corrected chi connectivity index (χ0v) is 9.14. The van der Waals surface area contributed by atoms with Gasteiger partial charge in [0.1, 0.15) is 12.1 Å². The van der Waals surface area contributed by atoms with E-state index >= 15 is 0 Å². The van der Waals surface area contributed by atoms with Crippen molar-refractivity contribution >= 4 is 11.6 Å². The Hall–Kier alpha value is -1.69. The molecule has 2 aromatic rings. The molecule has 0 spiro atoms. The van der Waals surface area contributed by atoms with Crippen molar-refractivity contribution in [1.29, 1.82) is 0 Å². The number of nitrogens with one attached hydrogen (secondary N) is 1. The van der Waals surface area contributed by atoms with Crippen molar-refractivity contribution < 1.29 is 0 Å². The highest BCUT2D eigenvalue weighted by Crippen LogP contribution is 2.37. The minimum Gasteiger partial charge on any atom is -0.363 e. The predicted octanol–water partition coefficient (Wildman–Crippen LogP) is 0.336. The van der Waals surface area contributed by atoms with Crippen molar-refractivity contribution in [2.75, 3.05) is 11.9 Å². The molecule has 0 aromatic carbocycles. The Bertz CT molecular complexity index is 527. The average molecular weight is 218 g/mol. The molecule has 0 atom stereocenters. The lowest BCUT2D eigenvalue weighted by Gasteiger charge is -2.16. The predicted molar refractivity (Wildman–Crippen MR) is 60.2 cm³/mol. The molecule has 16 heavy (non-hydrogen) atoms. The zero-order chi connectivity index (χ0) is 11.2. The molecule has 0 bridgehead atoms. The normalized spacial score (nSPS) is 17.6. The van der Waals surface area contributed by atoms with Crippen LogP contribution in [0.2, 0.25) is 0 Å². The van der Waals surface area contributed by atoms with E-state index in [4.69, 9.17) is 5.73 Å². The Kier molecular flexibility index (Phi) is 1.88. The third-order valence-corrected chi connectivity index (χ3v) is 3.02. The molecule has 2 heterocycles. The highest BCUT2D eigenvalue weighted by atomic mass is 15.4. The molecule has 1 fully saturated rings. The molecule has 3 N–H and O–H groups in total. The van der Waals surface area contributed by atoms with Crippen LogP contribution in [-0.4, -0.2) is 31.7 Å². The molecule has 0 aliphatic heterocycles. The third-order valence-electron chi connectivity index (χ3n) is 3.02. The van der Waals surface area contributed by atoms with E-state index in [0.29, 0.717) is 12.3 Å². The number of aryl methyl sites for hydroxylation is 1. The summed E-state index contributed by atoms with van der Waals surface area (Å²) in [6.07, 6.45) is 3.73. The maximum Gasteiger partial charge on any atom is 0.254 e. The van der Waals surface area contributed by atoms with E-state index in [-0.39, 0.29) is 5.54 Å². The maximum absolute atomic E-state index is 5.75. The molecule has 0 unspecified atom stereocenters. The van der Waals surface area contributed by atoms with Gasteiger partial charge < -0.3 is 11.1 Å². The van der Waals surface area contributed by atoms with Crippen molar-refractivity contribution in [3.63, 3.8) is 0 Å². The summed E-state index contributed by atoms with van der Waals surface area (Å²) < 4.78 is 1.71. The molecular formula is C10H14N6. The fraction of sp³-hybridized carbons (Fsp3) is 0.500. The van der Waals surface area contributed by atoms with Gasteiger partial charge in [-0.2, -0.15) is 14.6 Å². The first-order valence-corrected chi connectivity index (χ1v) is 5.38. The number of rotatable bonds is 3. The van der Waals surface area contributed by atoms with Gasteiger partial charge in [-0.15, -0.1) is 0 Å². The Balaban J connectivity index is 2.05. The highest BCUT2D eigenvalue weighted by molar-refractivity contribution is 5.48. The summed E-state index contributed by atoms with van der Waals surface area (Å²) in [6, 6.07) is 1.97. The summed E-state index contributed by atoms with van der Waals surface area (Å²) >= 11 is 0. The van der Waals surface area contributed by atoms with Gasteiger partial charge in [0.2, 0.25) is 0 Å². The van der Waals surface area contributed by atoms with Crippen molar-refractivity contribution in [2.45, 2.75) is 25.3 Å². The van der Waals surface area contributed by atoms with Crippen molar-refractivity contribution in [3.8, 4) is 0 Å². The fourth-order valence-corrected chi connectivity index (χ4v) is 1.82. The molecule has 1 aliphatic carbocycles. The van der Waals surface area contributed by atoms with E-state index in [1.165, 1.54) is 6.33 Å². The Morgan fingerprint density at radius 2 is 2.38 bits per heavy atom. The van der Waals surface area contributed by atoms with E-state index in [1.54, 1.807) is 4.52 Å². The largest absolute Gasteiger partial charge is 0.363 e. The Morgan fingerprint density at radius 1 is 1.56 bits per heavy atom. The molecule has 84 valence electrons. The van der Waals surface area contributed by atoms with Crippen LogP contribution in [-0.2, 0) is 0 Å². The van der Waals surface area contributed by atoms with E-state index < -0.39 is 0 Å². The van der Waals surface area contributed by atoms with Crippen molar-refractivity contribution in [3.05, 3.63) is 18.1 Å². The van der Waals surface area contributed by atoms with Crippen LogP contribution in [0.3, 0.4) is 0 Å². The second-order valence-corrected chi connectivity index (χ2v) is 4.36. The summed E-state index contributed by atoms with van der Waals surface area (Å²) in [5, 5.41) is 7.59. The van der Waals surface area contributed by atoms with Crippen LogP contribution in [0.5, 0.6) is 0 Å². The van der Waals surface area contributed by atoms with Gasteiger partial charge in [-0.05, 0) is 19.8 Å². The maximum atomic E-state index is 5.75. The molecular weight excluding hydrogens is 204 g/mol. The number of nitrogens with two attached hydrogens (primary N) is 1. The van der Waals surface area contributed by atoms with Crippen LogP contribution in [0, 0.1) is 6.92 Å². The van der Waals surface area contributed by atoms with Gasteiger partial charge in [-0.3, -0.25) is 0 Å². The van der Waals surface area contributed by atoms with Crippen LogP contribution in [0.15, 0.2) is 12.4 Å². The van der Waals surface area contributed by atoms with E-state index in [2.05, 4.69) is 20.4 Å². The number of fused-ring (bicyclic) bond motifs is 1. The molecule has 6 heteroatoms. The first kappa shape index (κ1) is 9.53. The lowest BCUT2D eigenvalue weighted by atomic mass is 10.2. The molecule has 6 nitrogen and oxygen atoms in total. The van der Waals surface area contributed by atoms with E-state index in [1.807, 2.05) is 13.0 Å². The van der Waals surface area contributed by atoms with E-state index in [0.717, 1.165) is 24.4 Å². The van der Waals surface area contributed by atoms with Gasteiger partial charge in [-0.25, -0.2) is 4.98 Å². The molecule has 3 rings (SSSR count). The first-order chi connectivity index (χ1) is 7.72. The quantitative estimate of drug-likeness (QED) is 0.776. The monoisotopic (exact) mass is 218 g/mol. The summed E-state index contributed by atoms with van der Waals surface area (Å²) in [5.74, 6) is 1.54. The van der Waals surface area contributed by atoms with Gasteiger partial charge >= 0.3 is 0 Å². The number of hydrogen-bond acceptors (Lipinski definition) is 5. The Labute approximate surface area is 92.9 Å². The zero-order valence-electron chi connectivity index (χ0n) is 9.14. The SMILES string of the molecule is Cc1cc(NC2(CN)CC2)n2ncnc2n1. The van der Waals surface area contributed by atoms with Crippen molar-refractivity contribution in [2.24, 2.45) is 5.73 Å². The number of nitrogens with zero attached hydrogens (tertiary/aromatic N) is 4.